The van der Waals surface area contributed by atoms with Gasteiger partial charge < -0.3 is 25.0 Å². The fraction of sp³-hybridized carbons (Fsp3) is 0.444. The van der Waals surface area contributed by atoms with Gasteiger partial charge in [-0.1, -0.05) is 138 Å². The van der Waals surface area contributed by atoms with E-state index in [1.54, 1.807) is 12.4 Å². The van der Waals surface area contributed by atoms with Gasteiger partial charge in [-0.05, 0) is 12.5 Å². The maximum atomic E-state index is 11.4. The van der Waals surface area contributed by atoms with Crippen LogP contribution in [0.15, 0.2) is 88.8 Å². The predicted octanol–water partition coefficient (Wildman–Crippen LogP) is 7.35. The number of phenolic OH excluding ortho intramolecular Hbond substituents is 1. The summed E-state index contributed by atoms with van der Waals surface area (Å²) in [7, 11) is 0. The molecule has 3 N–H and O–H groups in total. The van der Waals surface area contributed by atoms with Crippen LogP contribution < -0.4 is 10.1 Å². The number of amidine groups is 1. The van der Waals surface area contributed by atoms with Crippen LogP contribution in [0.1, 0.15) is 87.8 Å². The zero-order valence-corrected chi connectivity index (χ0v) is 25.5. The highest BCUT2D eigenvalue weighted by Gasteiger charge is 2.39. The summed E-state index contributed by atoms with van der Waals surface area (Å²) in [6.07, 6.45) is 13.5. The fourth-order valence-corrected chi connectivity index (χ4v) is 5.33. The minimum Gasteiger partial charge on any atom is -0.504 e. The number of unbranched alkanes of at least 4 members (excludes halogenated alkanes) is 9. The molecule has 2 unspecified atom stereocenters. The molecule has 43 heavy (non-hydrogen) atoms. The topological polar surface area (TPSA) is 95.7 Å². The minimum atomic E-state index is -1.13. The van der Waals surface area contributed by atoms with Crippen molar-refractivity contribution in [2.45, 2.75) is 82.9 Å². The quantitative estimate of drug-likeness (QED) is 0.128. The summed E-state index contributed by atoms with van der Waals surface area (Å²) in [5, 5.41) is 25.2. The molecule has 0 aliphatic carbocycles. The monoisotopic (exact) mass is 585 g/mol. The number of nitrogens with one attached hydrogen (secondary N) is 1. The summed E-state index contributed by atoms with van der Waals surface area (Å²) in [6.45, 7) is 3.07. The van der Waals surface area contributed by atoms with Crippen LogP contribution in [0.25, 0.3) is 0 Å². The molecule has 230 valence electrons. The Kier molecular flexibility index (Phi) is 13.1. The highest BCUT2D eigenvalue weighted by Crippen LogP contribution is 2.42. The maximum Gasteiger partial charge on any atom is 0.188 e. The Bertz CT molecular complexity index is 1280. The lowest BCUT2D eigenvalue weighted by molar-refractivity contribution is 0.0105. The van der Waals surface area contributed by atoms with Gasteiger partial charge in [0.1, 0.15) is 12.7 Å². The molecule has 1 aliphatic rings. The van der Waals surface area contributed by atoms with Gasteiger partial charge in [-0.25, -0.2) is 9.98 Å². The first-order valence-electron chi connectivity index (χ1n) is 15.9. The minimum absolute atomic E-state index is 0.000795. The molecule has 0 amide bonds. The van der Waals surface area contributed by atoms with Gasteiger partial charge in [0.2, 0.25) is 0 Å². The van der Waals surface area contributed by atoms with Crippen molar-refractivity contribution in [3.05, 3.63) is 95.6 Å². The van der Waals surface area contributed by atoms with Gasteiger partial charge in [-0.3, -0.25) is 0 Å². The lowest BCUT2D eigenvalue weighted by atomic mass is 9.90. The van der Waals surface area contributed by atoms with E-state index in [4.69, 9.17) is 14.5 Å². The van der Waals surface area contributed by atoms with Crippen LogP contribution in [0.4, 0.5) is 0 Å². The normalized spacial score (nSPS) is 16.8. The molecule has 4 rings (SSSR count). The smallest absolute Gasteiger partial charge is 0.188 e. The molecule has 0 saturated carbocycles. The van der Waals surface area contributed by atoms with Crippen molar-refractivity contribution in [1.82, 2.24) is 5.32 Å². The van der Waals surface area contributed by atoms with Gasteiger partial charge in [-0.15, -0.1) is 0 Å². The Labute approximate surface area is 256 Å². The van der Waals surface area contributed by atoms with Crippen LogP contribution in [0, 0.1) is 0 Å². The largest absolute Gasteiger partial charge is 0.504 e. The number of hydrogen-bond acceptors (Lipinski definition) is 7. The number of ether oxygens (including phenoxy) is 2. The first-order chi connectivity index (χ1) is 21.1. The third-order valence-electron chi connectivity index (χ3n) is 7.73. The number of phenols is 1. The molecule has 7 nitrogen and oxygen atoms in total. The molecule has 0 radical (unpaired) electrons. The van der Waals surface area contributed by atoms with Crippen LogP contribution in [0.5, 0.6) is 11.5 Å². The van der Waals surface area contributed by atoms with Crippen molar-refractivity contribution < 1.29 is 19.7 Å². The van der Waals surface area contributed by atoms with E-state index in [9.17, 15) is 10.2 Å². The highest BCUT2D eigenvalue weighted by atomic mass is 16.5. The summed E-state index contributed by atoms with van der Waals surface area (Å²) in [6, 6.07) is 24.8. The average molecular weight is 586 g/mol. The summed E-state index contributed by atoms with van der Waals surface area (Å²) >= 11 is 0. The Morgan fingerprint density at radius 1 is 0.767 bits per heavy atom. The molecule has 2 atom stereocenters. The molecule has 3 aromatic rings. The molecule has 7 heteroatoms. The standard InChI is InChI=1S/C36H47N3O4/c1-2-3-4-5-6-7-8-9-10-17-25-42-26-31(40)27-43-33-24-18-23-32(34(33)41)36(30-21-15-12-16-22-30)38-28-37-35(39-36)29-19-13-11-14-20-29/h11-16,18-24,28,31,40-41H,2-10,17,25-27H2,1H3,(H,37,38,39). The summed E-state index contributed by atoms with van der Waals surface area (Å²) < 4.78 is 11.6. The number of hydrogen-bond donors (Lipinski definition) is 3. The van der Waals surface area contributed by atoms with Gasteiger partial charge in [0.05, 0.1) is 18.5 Å². The number of para-hydroxylation sites is 1. The second-order valence-corrected chi connectivity index (χ2v) is 11.2. The SMILES string of the molecule is CCCCCCCCCCCCOCC(O)COc1cccc(C2(c3ccccc3)N=C(c3ccccc3)N=CN2)c1O. The van der Waals surface area contributed by atoms with Crippen LogP contribution in [-0.2, 0) is 10.4 Å². The van der Waals surface area contributed by atoms with Gasteiger partial charge in [0.15, 0.2) is 23.0 Å². The molecular formula is C36H47N3O4. The third kappa shape index (κ3) is 9.40. The number of aromatic hydroxyl groups is 1. The lowest BCUT2D eigenvalue weighted by Gasteiger charge is -2.34. The first-order valence-corrected chi connectivity index (χ1v) is 15.9. The Hall–Kier alpha value is -3.68. The Morgan fingerprint density at radius 3 is 2.12 bits per heavy atom. The molecule has 1 heterocycles. The molecule has 0 bridgehead atoms. The van der Waals surface area contributed by atoms with Crippen LogP contribution >= 0.6 is 0 Å². The second-order valence-electron chi connectivity index (χ2n) is 11.2. The van der Waals surface area contributed by atoms with Crippen molar-refractivity contribution in [3.63, 3.8) is 0 Å². The van der Waals surface area contributed by atoms with Crippen molar-refractivity contribution in [3.8, 4) is 11.5 Å². The number of aliphatic hydroxyl groups excluding tert-OH is 1. The predicted molar refractivity (Wildman–Crippen MR) is 174 cm³/mol. The number of benzene rings is 3. The van der Waals surface area contributed by atoms with Gasteiger partial charge >= 0.3 is 0 Å². The van der Waals surface area contributed by atoms with E-state index in [2.05, 4.69) is 17.2 Å². The van der Waals surface area contributed by atoms with Crippen LogP contribution in [-0.4, -0.2) is 48.3 Å². The fourth-order valence-electron chi connectivity index (χ4n) is 5.33. The van der Waals surface area contributed by atoms with Crippen LogP contribution in [0.2, 0.25) is 0 Å². The Balaban J connectivity index is 1.32. The average Bonchev–Trinajstić information content (AvgIpc) is 3.05. The molecular weight excluding hydrogens is 538 g/mol. The highest BCUT2D eigenvalue weighted by molar-refractivity contribution is 6.04. The Morgan fingerprint density at radius 2 is 1.42 bits per heavy atom. The van der Waals surface area contributed by atoms with Crippen molar-refractivity contribution in [1.29, 1.82) is 0 Å². The van der Waals surface area contributed by atoms with Gasteiger partial charge in [0, 0.05) is 17.7 Å². The third-order valence-corrected chi connectivity index (χ3v) is 7.73. The van der Waals surface area contributed by atoms with Crippen molar-refractivity contribution >= 4 is 12.2 Å². The number of nitrogens with zero attached hydrogens (tertiary/aromatic N) is 2. The van der Waals surface area contributed by atoms with Crippen molar-refractivity contribution in [2.24, 2.45) is 9.98 Å². The first kappa shape index (κ1) is 32.2. The van der Waals surface area contributed by atoms with E-state index < -0.39 is 11.8 Å². The molecule has 1 aliphatic heterocycles. The number of aliphatic imine (C=N–C) groups is 2. The summed E-state index contributed by atoms with van der Waals surface area (Å²) in [5.74, 6) is 0.759. The van der Waals surface area contributed by atoms with E-state index in [1.165, 1.54) is 51.4 Å². The zero-order chi connectivity index (χ0) is 30.2. The maximum absolute atomic E-state index is 11.4. The lowest BCUT2D eigenvalue weighted by Crippen LogP contribution is -2.44. The molecule has 0 aromatic heterocycles. The van der Waals surface area contributed by atoms with Gasteiger partial charge in [0.25, 0.3) is 0 Å². The summed E-state index contributed by atoms with van der Waals surface area (Å²) in [4.78, 5) is 9.52. The van der Waals surface area contributed by atoms with E-state index in [1.807, 2.05) is 72.8 Å². The molecule has 0 spiro atoms. The molecule has 0 fully saturated rings. The van der Waals surface area contributed by atoms with Crippen molar-refractivity contribution in [2.75, 3.05) is 19.8 Å². The zero-order valence-electron chi connectivity index (χ0n) is 25.5. The number of rotatable bonds is 19. The summed E-state index contributed by atoms with van der Waals surface area (Å²) in [5.41, 5.74) is 1.09. The van der Waals surface area contributed by atoms with Gasteiger partial charge in [-0.2, -0.15) is 0 Å². The molecule has 0 saturated heterocycles. The van der Waals surface area contributed by atoms with E-state index in [0.717, 1.165) is 24.0 Å². The number of aliphatic hydroxyl groups is 1. The second kappa shape index (κ2) is 17.4. The van der Waals surface area contributed by atoms with E-state index in [-0.39, 0.29) is 24.7 Å². The van der Waals surface area contributed by atoms with Crippen LogP contribution in [0.3, 0.4) is 0 Å². The molecule has 3 aromatic carbocycles. The van der Waals surface area contributed by atoms with E-state index in [0.29, 0.717) is 18.0 Å². The van der Waals surface area contributed by atoms with E-state index >= 15 is 0 Å².